The molecule has 5 heteroatoms. The van der Waals surface area contributed by atoms with Crippen molar-refractivity contribution >= 4 is 16.7 Å². The standard InChI is InChI=1S/C14H18FNO2S/c1-11(14(17)16-8-3-2-4-9-16)19(18)13-7-5-6-12(15)10-13/h5-7,10-11H,2-4,8-9H2,1H3. The predicted octanol–water partition coefficient (Wildman–Crippen LogP) is 2.33. The monoisotopic (exact) mass is 283 g/mol. The third kappa shape index (κ3) is 3.41. The Kier molecular flexibility index (Phi) is 4.69. The molecular formula is C14H18FNO2S. The summed E-state index contributed by atoms with van der Waals surface area (Å²) in [5.74, 6) is -0.522. The second-order valence-corrected chi connectivity index (χ2v) is 6.56. The summed E-state index contributed by atoms with van der Waals surface area (Å²) in [6, 6.07) is 5.65. The van der Waals surface area contributed by atoms with Crippen LogP contribution in [0.3, 0.4) is 0 Å². The van der Waals surface area contributed by atoms with Gasteiger partial charge in [0, 0.05) is 18.0 Å². The lowest BCUT2D eigenvalue weighted by Crippen LogP contribution is -2.42. The summed E-state index contributed by atoms with van der Waals surface area (Å²) in [4.78, 5) is 14.4. The van der Waals surface area contributed by atoms with Crippen LogP contribution in [-0.4, -0.2) is 33.4 Å². The number of piperidine rings is 1. The molecule has 1 fully saturated rings. The molecule has 2 atom stereocenters. The van der Waals surface area contributed by atoms with Crippen molar-refractivity contribution in [2.24, 2.45) is 0 Å². The maximum Gasteiger partial charge on any atom is 0.238 e. The first-order valence-corrected chi connectivity index (χ1v) is 7.76. The van der Waals surface area contributed by atoms with Gasteiger partial charge in [0.25, 0.3) is 0 Å². The highest BCUT2D eigenvalue weighted by atomic mass is 32.2. The second-order valence-electron chi connectivity index (χ2n) is 4.78. The Morgan fingerprint density at radius 2 is 2.00 bits per heavy atom. The van der Waals surface area contributed by atoms with Crippen molar-refractivity contribution in [1.29, 1.82) is 0 Å². The van der Waals surface area contributed by atoms with E-state index in [4.69, 9.17) is 0 Å². The van der Waals surface area contributed by atoms with Gasteiger partial charge in [-0.15, -0.1) is 0 Å². The minimum atomic E-state index is -1.50. The number of rotatable bonds is 3. The largest absolute Gasteiger partial charge is 0.342 e. The van der Waals surface area contributed by atoms with E-state index in [0.29, 0.717) is 4.90 Å². The SMILES string of the molecule is CC(C(=O)N1CCCCC1)S(=O)c1cccc(F)c1. The zero-order valence-corrected chi connectivity index (χ0v) is 11.8. The number of carbonyl (C=O) groups is 1. The summed E-state index contributed by atoms with van der Waals surface area (Å²) < 4.78 is 25.4. The average molecular weight is 283 g/mol. The van der Waals surface area contributed by atoms with Gasteiger partial charge < -0.3 is 4.90 Å². The molecule has 1 amide bonds. The van der Waals surface area contributed by atoms with Crippen LogP contribution in [0.15, 0.2) is 29.2 Å². The van der Waals surface area contributed by atoms with Gasteiger partial charge in [0.15, 0.2) is 0 Å². The van der Waals surface area contributed by atoms with Crippen molar-refractivity contribution in [2.45, 2.75) is 36.3 Å². The first-order chi connectivity index (χ1) is 9.09. The molecule has 1 aliphatic heterocycles. The smallest absolute Gasteiger partial charge is 0.238 e. The van der Waals surface area contributed by atoms with Crippen LogP contribution in [0.5, 0.6) is 0 Å². The molecule has 104 valence electrons. The summed E-state index contributed by atoms with van der Waals surface area (Å²) >= 11 is 0. The summed E-state index contributed by atoms with van der Waals surface area (Å²) in [5, 5.41) is -0.625. The van der Waals surface area contributed by atoms with Crippen LogP contribution >= 0.6 is 0 Å². The summed E-state index contributed by atoms with van der Waals surface area (Å²) in [5.41, 5.74) is 0. The Balaban J connectivity index is 2.08. The molecule has 1 aliphatic rings. The lowest BCUT2D eigenvalue weighted by atomic mass is 10.1. The minimum absolute atomic E-state index is 0.0951. The van der Waals surface area contributed by atoms with Gasteiger partial charge in [-0.25, -0.2) is 4.39 Å². The first-order valence-electron chi connectivity index (χ1n) is 6.54. The predicted molar refractivity (Wildman–Crippen MR) is 72.7 cm³/mol. The fourth-order valence-corrected chi connectivity index (χ4v) is 3.44. The molecule has 1 heterocycles. The van der Waals surface area contributed by atoms with Crippen molar-refractivity contribution in [3.8, 4) is 0 Å². The molecule has 1 aromatic carbocycles. The lowest BCUT2D eigenvalue weighted by molar-refractivity contribution is -0.131. The van der Waals surface area contributed by atoms with E-state index >= 15 is 0 Å². The van der Waals surface area contributed by atoms with Gasteiger partial charge in [0.1, 0.15) is 11.1 Å². The Morgan fingerprint density at radius 3 is 2.63 bits per heavy atom. The molecule has 0 saturated carbocycles. The van der Waals surface area contributed by atoms with Crippen molar-refractivity contribution in [1.82, 2.24) is 4.90 Å². The molecule has 3 nitrogen and oxygen atoms in total. The highest BCUT2D eigenvalue weighted by Crippen LogP contribution is 2.17. The summed E-state index contributed by atoms with van der Waals surface area (Å²) in [6.45, 7) is 3.13. The van der Waals surface area contributed by atoms with Crippen LogP contribution in [-0.2, 0) is 15.6 Å². The summed E-state index contributed by atoms with van der Waals surface area (Å²) in [6.07, 6.45) is 3.15. The highest BCUT2D eigenvalue weighted by molar-refractivity contribution is 7.86. The van der Waals surface area contributed by atoms with E-state index in [2.05, 4.69) is 0 Å². The zero-order valence-electron chi connectivity index (χ0n) is 11.0. The van der Waals surface area contributed by atoms with E-state index < -0.39 is 21.9 Å². The molecule has 0 N–H and O–H groups in total. The molecule has 0 aliphatic carbocycles. The van der Waals surface area contributed by atoms with Gasteiger partial charge >= 0.3 is 0 Å². The van der Waals surface area contributed by atoms with Crippen LogP contribution in [0, 0.1) is 5.82 Å². The molecule has 0 radical (unpaired) electrons. The van der Waals surface area contributed by atoms with Gasteiger partial charge in [-0.1, -0.05) is 6.07 Å². The van der Waals surface area contributed by atoms with E-state index in [1.165, 1.54) is 18.2 Å². The molecule has 19 heavy (non-hydrogen) atoms. The van der Waals surface area contributed by atoms with Crippen molar-refractivity contribution < 1.29 is 13.4 Å². The van der Waals surface area contributed by atoms with Crippen molar-refractivity contribution in [3.05, 3.63) is 30.1 Å². The fraction of sp³-hybridized carbons (Fsp3) is 0.500. The number of hydrogen-bond donors (Lipinski definition) is 0. The van der Waals surface area contributed by atoms with Crippen LogP contribution < -0.4 is 0 Å². The maximum atomic E-state index is 13.1. The topological polar surface area (TPSA) is 37.4 Å². The Bertz CT molecular complexity index is 486. The van der Waals surface area contributed by atoms with Gasteiger partial charge in [0.05, 0.1) is 10.8 Å². The second kappa shape index (κ2) is 6.28. The zero-order chi connectivity index (χ0) is 13.8. The number of nitrogens with zero attached hydrogens (tertiary/aromatic N) is 1. The molecule has 0 bridgehead atoms. The van der Waals surface area contributed by atoms with Crippen LogP contribution in [0.2, 0.25) is 0 Å². The molecule has 2 rings (SSSR count). The molecule has 1 aromatic rings. The van der Waals surface area contributed by atoms with E-state index in [1.807, 2.05) is 0 Å². The third-order valence-electron chi connectivity index (χ3n) is 3.37. The Labute approximate surface area is 115 Å². The maximum absolute atomic E-state index is 13.1. The van der Waals surface area contributed by atoms with E-state index in [0.717, 1.165) is 32.4 Å². The molecule has 0 spiro atoms. The van der Waals surface area contributed by atoms with Gasteiger partial charge in [0.2, 0.25) is 5.91 Å². The van der Waals surface area contributed by atoms with E-state index in [1.54, 1.807) is 17.9 Å². The number of hydrogen-bond acceptors (Lipinski definition) is 2. The van der Waals surface area contributed by atoms with Gasteiger partial charge in [-0.2, -0.15) is 0 Å². The van der Waals surface area contributed by atoms with Crippen LogP contribution in [0.1, 0.15) is 26.2 Å². The van der Waals surface area contributed by atoms with Gasteiger partial charge in [-0.3, -0.25) is 9.00 Å². The first kappa shape index (κ1) is 14.2. The number of likely N-dealkylation sites (tertiary alicyclic amines) is 1. The van der Waals surface area contributed by atoms with Gasteiger partial charge in [-0.05, 0) is 44.4 Å². The molecule has 1 saturated heterocycles. The molecule has 0 aromatic heterocycles. The quantitative estimate of drug-likeness (QED) is 0.854. The average Bonchev–Trinajstić information content (AvgIpc) is 2.46. The Hall–Kier alpha value is -1.23. The highest BCUT2D eigenvalue weighted by Gasteiger charge is 2.27. The normalized spacial score (nSPS) is 18.9. The van der Waals surface area contributed by atoms with E-state index in [9.17, 15) is 13.4 Å². The minimum Gasteiger partial charge on any atom is -0.342 e. The Morgan fingerprint density at radius 1 is 1.32 bits per heavy atom. The number of amides is 1. The van der Waals surface area contributed by atoms with Crippen molar-refractivity contribution in [2.75, 3.05) is 13.1 Å². The lowest BCUT2D eigenvalue weighted by Gasteiger charge is -2.28. The van der Waals surface area contributed by atoms with Crippen LogP contribution in [0.25, 0.3) is 0 Å². The van der Waals surface area contributed by atoms with E-state index in [-0.39, 0.29) is 5.91 Å². The molecular weight excluding hydrogens is 265 g/mol. The fourth-order valence-electron chi connectivity index (χ4n) is 2.26. The van der Waals surface area contributed by atoms with Crippen molar-refractivity contribution in [3.63, 3.8) is 0 Å². The third-order valence-corrected chi connectivity index (χ3v) is 4.93. The summed E-state index contributed by atoms with van der Waals surface area (Å²) in [7, 11) is -1.50. The number of carbonyl (C=O) groups excluding carboxylic acids is 1. The number of benzene rings is 1. The number of halogens is 1. The molecule has 2 unspecified atom stereocenters. The van der Waals surface area contributed by atoms with Crippen LogP contribution in [0.4, 0.5) is 4.39 Å².